The fraction of sp³-hybridized carbons (Fsp3) is 0.0526. The van der Waals surface area contributed by atoms with Gasteiger partial charge >= 0.3 is 11.3 Å². The molecule has 2 aromatic carbocycles. The minimum absolute atomic E-state index is 0.0659. The van der Waals surface area contributed by atoms with Gasteiger partial charge in [0.1, 0.15) is 0 Å². The molecule has 0 radical (unpaired) electrons. The maximum atomic E-state index is 13.7. The van der Waals surface area contributed by atoms with Crippen LogP contribution < -0.4 is 11.3 Å². The number of rotatable bonds is 2. The summed E-state index contributed by atoms with van der Waals surface area (Å²) in [6.07, 6.45) is -0.0659. The number of para-hydroxylation sites is 2. The molecule has 0 amide bonds. The van der Waals surface area contributed by atoms with E-state index >= 15 is 0 Å². The normalized spacial score (nSPS) is 11.3. The molecule has 2 heterocycles. The van der Waals surface area contributed by atoms with E-state index in [4.69, 9.17) is 8.83 Å². The predicted octanol–water partition coefficient (Wildman–Crippen LogP) is 3.77. The Labute approximate surface area is 138 Å². The van der Waals surface area contributed by atoms with E-state index in [1.54, 1.807) is 12.1 Å². The van der Waals surface area contributed by atoms with Crippen molar-refractivity contribution in [1.82, 2.24) is 0 Å². The summed E-state index contributed by atoms with van der Waals surface area (Å²) in [7, 11) is 0. The second kappa shape index (κ2) is 5.66. The Morgan fingerprint density at radius 3 is 1.60 bits per heavy atom. The molecule has 25 heavy (non-hydrogen) atoms. The third-order valence-corrected chi connectivity index (χ3v) is 3.95. The minimum atomic E-state index is -0.740. The third-order valence-electron chi connectivity index (χ3n) is 3.95. The Kier molecular flexibility index (Phi) is 3.46. The van der Waals surface area contributed by atoms with Gasteiger partial charge in [-0.1, -0.05) is 24.3 Å². The van der Waals surface area contributed by atoms with Gasteiger partial charge in [-0.3, -0.25) is 0 Å². The topological polar surface area (TPSA) is 60.4 Å². The fourth-order valence-electron chi connectivity index (χ4n) is 2.76. The van der Waals surface area contributed by atoms with Gasteiger partial charge < -0.3 is 8.83 Å². The van der Waals surface area contributed by atoms with Crippen LogP contribution in [0, 0.1) is 11.6 Å². The van der Waals surface area contributed by atoms with Crippen LogP contribution in [0.3, 0.4) is 0 Å². The summed E-state index contributed by atoms with van der Waals surface area (Å²) in [5, 5.41) is 0.816. The highest BCUT2D eigenvalue weighted by Crippen LogP contribution is 2.20. The van der Waals surface area contributed by atoms with Gasteiger partial charge in [-0.15, -0.1) is 0 Å². The van der Waals surface area contributed by atoms with E-state index in [9.17, 15) is 18.4 Å². The van der Waals surface area contributed by atoms with Gasteiger partial charge in [-0.2, -0.15) is 0 Å². The smallest absolute Gasteiger partial charge is 0.339 e. The molecule has 6 heteroatoms. The maximum Gasteiger partial charge on any atom is 0.339 e. The van der Waals surface area contributed by atoms with Crippen molar-refractivity contribution in [3.05, 3.63) is 92.1 Å². The zero-order valence-electron chi connectivity index (χ0n) is 12.7. The lowest BCUT2D eigenvalue weighted by molar-refractivity contribution is 0.511. The summed E-state index contributed by atoms with van der Waals surface area (Å²) in [6, 6.07) is 11.5. The molecule has 0 N–H and O–H groups in total. The van der Waals surface area contributed by atoms with E-state index in [2.05, 4.69) is 0 Å². The summed E-state index contributed by atoms with van der Waals surface area (Å²) in [6.45, 7) is 0. The first-order valence-corrected chi connectivity index (χ1v) is 7.45. The van der Waals surface area contributed by atoms with Gasteiger partial charge in [0.25, 0.3) is 0 Å². The first-order valence-electron chi connectivity index (χ1n) is 7.45. The Hall–Kier alpha value is -3.28. The lowest BCUT2D eigenvalue weighted by Gasteiger charge is -2.04. The number of halogens is 2. The van der Waals surface area contributed by atoms with Crippen LogP contribution in [0.15, 0.2) is 67.0 Å². The SMILES string of the molecule is O=c1oc2c(F)cccc2cc1Cc1cc2cccc(F)c2oc1=O. The van der Waals surface area contributed by atoms with Crippen molar-refractivity contribution >= 4 is 21.9 Å². The van der Waals surface area contributed by atoms with Crippen molar-refractivity contribution in [1.29, 1.82) is 0 Å². The summed E-state index contributed by atoms with van der Waals surface area (Å²) in [5.74, 6) is -1.27. The maximum absolute atomic E-state index is 13.7. The molecule has 2 aromatic heterocycles. The highest BCUT2D eigenvalue weighted by atomic mass is 19.1. The summed E-state index contributed by atoms with van der Waals surface area (Å²) >= 11 is 0. The van der Waals surface area contributed by atoms with Gasteiger partial charge in [0, 0.05) is 28.3 Å². The molecule has 0 saturated heterocycles. The number of hydrogen-bond acceptors (Lipinski definition) is 4. The lowest BCUT2D eigenvalue weighted by atomic mass is 10.1. The fourth-order valence-corrected chi connectivity index (χ4v) is 2.76. The largest absolute Gasteiger partial charge is 0.419 e. The molecular formula is C19H10F2O4. The monoisotopic (exact) mass is 340 g/mol. The van der Waals surface area contributed by atoms with E-state index in [0.717, 1.165) is 0 Å². The van der Waals surface area contributed by atoms with Crippen LogP contribution in [-0.4, -0.2) is 0 Å². The number of fused-ring (bicyclic) bond motifs is 2. The van der Waals surface area contributed by atoms with Crippen molar-refractivity contribution in [3.63, 3.8) is 0 Å². The number of hydrogen-bond donors (Lipinski definition) is 0. The van der Waals surface area contributed by atoms with Crippen LogP contribution in [0.25, 0.3) is 21.9 Å². The first-order chi connectivity index (χ1) is 12.0. The van der Waals surface area contributed by atoms with Gasteiger partial charge in [-0.25, -0.2) is 18.4 Å². The minimum Gasteiger partial charge on any atom is -0.419 e. The Morgan fingerprint density at radius 2 is 1.16 bits per heavy atom. The average molecular weight is 340 g/mol. The highest BCUT2D eigenvalue weighted by molar-refractivity contribution is 5.78. The van der Waals surface area contributed by atoms with Crippen molar-refractivity contribution < 1.29 is 17.6 Å². The average Bonchev–Trinajstić information content (AvgIpc) is 2.58. The van der Waals surface area contributed by atoms with Crippen molar-refractivity contribution in [2.75, 3.05) is 0 Å². The molecule has 124 valence electrons. The molecule has 0 saturated carbocycles. The second-order valence-corrected chi connectivity index (χ2v) is 5.61. The Balaban J connectivity index is 1.85. The molecule has 0 aliphatic heterocycles. The summed E-state index contributed by atoms with van der Waals surface area (Å²) in [5.41, 5.74) is -1.39. The number of benzene rings is 2. The first kappa shape index (κ1) is 15.3. The molecule has 0 aliphatic rings. The van der Waals surface area contributed by atoms with Crippen LogP contribution in [0.1, 0.15) is 11.1 Å². The second-order valence-electron chi connectivity index (χ2n) is 5.61. The van der Waals surface area contributed by atoms with Gasteiger partial charge in [0.2, 0.25) is 0 Å². The molecule has 0 unspecified atom stereocenters. The molecule has 0 atom stereocenters. The van der Waals surface area contributed by atoms with Crippen LogP contribution in [-0.2, 0) is 6.42 Å². The van der Waals surface area contributed by atoms with Crippen molar-refractivity contribution in [2.24, 2.45) is 0 Å². The van der Waals surface area contributed by atoms with Crippen LogP contribution in [0.4, 0.5) is 8.78 Å². The molecule has 4 aromatic rings. The van der Waals surface area contributed by atoms with Crippen LogP contribution in [0.2, 0.25) is 0 Å². The zero-order valence-corrected chi connectivity index (χ0v) is 12.7. The van der Waals surface area contributed by atoms with Gasteiger partial charge in [0.15, 0.2) is 22.8 Å². The quantitative estimate of drug-likeness (QED) is 0.521. The molecule has 0 bridgehead atoms. The molecule has 0 aliphatic carbocycles. The molecule has 0 fully saturated rings. The van der Waals surface area contributed by atoms with Crippen LogP contribution >= 0.6 is 0 Å². The van der Waals surface area contributed by atoms with E-state index in [1.165, 1.54) is 36.4 Å². The van der Waals surface area contributed by atoms with Crippen LogP contribution in [0.5, 0.6) is 0 Å². The molecule has 4 rings (SSSR count). The third kappa shape index (κ3) is 2.61. The highest BCUT2D eigenvalue weighted by Gasteiger charge is 2.13. The van der Waals surface area contributed by atoms with E-state index in [0.29, 0.717) is 10.8 Å². The molecule has 0 spiro atoms. The van der Waals surface area contributed by atoms with Gasteiger partial charge in [0.05, 0.1) is 0 Å². The zero-order chi connectivity index (χ0) is 17.6. The van der Waals surface area contributed by atoms with Gasteiger partial charge in [-0.05, 0) is 24.3 Å². The molecular weight excluding hydrogens is 330 g/mol. The van der Waals surface area contributed by atoms with E-state index in [1.807, 2.05) is 0 Å². The standard InChI is InChI=1S/C19H10F2O4/c20-14-5-1-3-10-7-12(18(22)24-16(10)14)9-13-8-11-4-2-6-15(21)17(11)25-19(13)23/h1-8H,9H2. The Morgan fingerprint density at radius 1 is 0.720 bits per heavy atom. The van der Waals surface area contributed by atoms with E-state index in [-0.39, 0.29) is 28.7 Å². The predicted molar refractivity (Wildman–Crippen MR) is 87.7 cm³/mol. The summed E-state index contributed by atoms with van der Waals surface area (Å²) < 4.78 is 37.4. The van der Waals surface area contributed by atoms with Crippen molar-refractivity contribution in [3.8, 4) is 0 Å². The Bertz CT molecular complexity index is 1140. The molecule has 4 nitrogen and oxygen atoms in total. The summed E-state index contributed by atoms with van der Waals surface area (Å²) in [4.78, 5) is 24.2. The van der Waals surface area contributed by atoms with Crippen molar-refractivity contribution in [2.45, 2.75) is 6.42 Å². The van der Waals surface area contributed by atoms with E-state index < -0.39 is 22.9 Å². The lowest BCUT2D eigenvalue weighted by Crippen LogP contribution is -2.14.